The number of nitrogens with two attached hydrogens (primary N) is 1. The molecule has 0 amide bonds. The minimum atomic E-state index is 0.509. The van der Waals surface area contributed by atoms with Crippen LogP contribution in [0.2, 0.25) is 0 Å². The summed E-state index contributed by atoms with van der Waals surface area (Å²) in [5.41, 5.74) is 9.60. The van der Waals surface area contributed by atoms with Crippen LogP contribution < -0.4 is 10.5 Å². The molecule has 0 radical (unpaired) electrons. The third-order valence-electron chi connectivity index (χ3n) is 3.08. The van der Waals surface area contributed by atoms with Crippen molar-refractivity contribution in [1.82, 2.24) is 0 Å². The van der Waals surface area contributed by atoms with Gasteiger partial charge in [-0.3, -0.25) is 0 Å². The molecule has 0 fully saturated rings. The van der Waals surface area contributed by atoms with E-state index in [1.54, 1.807) is 12.5 Å². The molecule has 3 heteroatoms. The molecule has 1 aromatic heterocycles. The van der Waals surface area contributed by atoms with Gasteiger partial charge in [0.05, 0.1) is 12.5 Å². The largest absolute Gasteiger partial charge is 0.488 e. The maximum Gasteiger partial charge on any atom is 0.129 e. The summed E-state index contributed by atoms with van der Waals surface area (Å²) in [4.78, 5) is 0. The first-order valence-corrected chi connectivity index (χ1v) is 6.42. The zero-order chi connectivity index (χ0) is 13.8. The third kappa shape index (κ3) is 2.67. The fourth-order valence-corrected chi connectivity index (χ4v) is 2.05. The molecule has 0 spiro atoms. The SMILES string of the molecule is Nc1ccc(-c2ccoc2)c(OCc2ccccc2)c1. The normalized spacial score (nSPS) is 10.4. The van der Waals surface area contributed by atoms with Gasteiger partial charge in [-0.15, -0.1) is 0 Å². The van der Waals surface area contributed by atoms with Gasteiger partial charge in [-0.2, -0.15) is 0 Å². The highest BCUT2D eigenvalue weighted by Crippen LogP contribution is 2.32. The standard InChI is InChI=1S/C17H15NO2/c18-15-6-7-16(14-8-9-19-12-14)17(10-15)20-11-13-4-2-1-3-5-13/h1-10,12H,11,18H2. The van der Waals surface area contributed by atoms with Gasteiger partial charge in [0.15, 0.2) is 0 Å². The number of hydrogen-bond donors (Lipinski definition) is 1. The van der Waals surface area contributed by atoms with Crippen molar-refractivity contribution < 1.29 is 9.15 Å². The lowest BCUT2D eigenvalue weighted by Crippen LogP contribution is -1.97. The molecule has 0 saturated carbocycles. The maximum absolute atomic E-state index is 5.91. The highest BCUT2D eigenvalue weighted by atomic mass is 16.5. The predicted octanol–water partition coefficient (Wildman–Crippen LogP) is 4.11. The molecule has 0 bridgehead atoms. The molecule has 0 aliphatic rings. The van der Waals surface area contributed by atoms with E-state index in [1.807, 2.05) is 54.6 Å². The zero-order valence-corrected chi connectivity index (χ0v) is 11.0. The van der Waals surface area contributed by atoms with Gasteiger partial charge in [-0.05, 0) is 23.8 Å². The smallest absolute Gasteiger partial charge is 0.129 e. The Bertz CT molecular complexity index is 675. The number of ether oxygens (including phenoxy) is 1. The Morgan fingerprint density at radius 2 is 1.85 bits per heavy atom. The topological polar surface area (TPSA) is 48.4 Å². The Morgan fingerprint density at radius 1 is 1.00 bits per heavy atom. The number of furan rings is 1. The van der Waals surface area contributed by atoms with Crippen LogP contribution in [-0.4, -0.2) is 0 Å². The van der Waals surface area contributed by atoms with Gasteiger partial charge in [0.1, 0.15) is 12.4 Å². The van der Waals surface area contributed by atoms with Crippen molar-refractivity contribution >= 4 is 5.69 Å². The summed E-state index contributed by atoms with van der Waals surface area (Å²) >= 11 is 0. The summed E-state index contributed by atoms with van der Waals surface area (Å²) in [5, 5.41) is 0. The molecule has 2 N–H and O–H groups in total. The number of rotatable bonds is 4. The van der Waals surface area contributed by atoms with E-state index in [0.717, 1.165) is 22.4 Å². The van der Waals surface area contributed by atoms with Gasteiger partial charge in [-0.25, -0.2) is 0 Å². The molecule has 1 heterocycles. The summed E-state index contributed by atoms with van der Waals surface area (Å²) in [7, 11) is 0. The van der Waals surface area contributed by atoms with Crippen LogP contribution in [0.15, 0.2) is 71.5 Å². The fourth-order valence-electron chi connectivity index (χ4n) is 2.05. The van der Waals surface area contributed by atoms with Crippen LogP contribution in [0.3, 0.4) is 0 Å². The molecular formula is C17H15NO2. The highest BCUT2D eigenvalue weighted by molar-refractivity contribution is 5.72. The van der Waals surface area contributed by atoms with Crippen molar-refractivity contribution in [3.63, 3.8) is 0 Å². The molecule has 3 nitrogen and oxygen atoms in total. The molecule has 0 atom stereocenters. The summed E-state index contributed by atoms with van der Waals surface area (Å²) in [5.74, 6) is 0.759. The van der Waals surface area contributed by atoms with E-state index in [4.69, 9.17) is 14.9 Å². The second kappa shape index (κ2) is 5.53. The summed E-state index contributed by atoms with van der Waals surface area (Å²) in [6.07, 6.45) is 3.34. The van der Waals surface area contributed by atoms with Gasteiger partial charge in [0.25, 0.3) is 0 Å². The van der Waals surface area contributed by atoms with Crippen LogP contribution in [0, 0.1) is 0 Å². The van der Waals surface area contributed by atoms with Crippen LogP contribution in [0.25, 0.3) is 11.1 Å². The van der Waals surface area contributed by atoms with E-state index in [9.17, 15) is 0 Å². The lowest BCUT2D eigenvalue weighted by molar-refractivity contribution is 0.307. The van der Waals surface area contributed by atoms with E-state index in [0.29, 0.717) is 12.3 Å². The van der Waals surface area contributed by atoms with Crippen molar-refractivity contribution in [2.45, 2.75) is 6.61 Å². The Morgan fingerprint density at radius 3 is 2.60 bits per heavy atom. The van der Waals surface area contributed by atoms with Crippen LogP contribution in [-0.2, 0) is 6.61 Å². The maximum atomic E-state index is 5.91. The van der Waals surface area contributed by atoms with Gasteiger partial charge >= 0.3 is 0 Å². The van der Waals surface area contributed by atoms with Crippen LogP contribution in [0.1, 0.15) is 5.56 Å². The second-order valence-electron chi connectivity index (χ2n) is 4.54. The number of benzene rings is 2. The van der Waals surface area contributed by atoms with Gasteiger partial charge in [0.2, 0.25) is 0 Å². The Hall–Kier alpha value is -2.68. The quantitative estimate of drug-likeness (QED) is 0.722. The van der Waals surface area contributed by atoms with Crippen LogP contribution >= 0.6 is 0 Å². The van der Waals surface area contributed by atoms with Crippen LogP contribution in [0.5, 0.6) is 5.75 Å². The van der Waals surface area contributed by atoms with E-state index >= 15 is 0 Å². The molecule has 0 aliphatic carbocycles. The van der Waals surface area contributed by atoms with Crippen molar-refractivity contribution in [3.8, 4) is 16.9 Å². The van der Waals surface area contributed by atoms with Crippen molar-refractivity contribution in [2.75, 3.05) is 5.73 Å². The van der Waals surface area contributed by atoms with E-state index in [1.165, 1.54) is 0 Å². The lowest BCUT2D eigenvalue weighted by atomic mass is 10.1. The first-order chi connectivity index (χ1) is 9.83. The summed E-state index contributed by atoms with van der Waals surface area (Å²) < 4.78 is 11.0. The average Bonchev–Trinajstić information content (AvgIpc) is 3.00. The van der Waals surface area contributed by atoms with Crippen molar-refractivity contribution in [3.05, 3.63) is 72.7 Å². The highest BCUT2D eigenvalue weighted by Gasteiger charge is 2.08. The third-order valence-corrected chi connectivity index (χ3v) is 3.08. The van der Waals surface area contributed by atoms with Gasteiger partial charge < -0.3 is 14.9 Å². The Kier molecular flexibility index (Phi) is 3.42. The zero-order valence-electron chi connectivity index (χ0n) is 11.0. The van der Waals surface area contributed by atoms with Crippen LogP contribution in [0.4, 0.5) is 5.69 Å². The molecule has 2 aromatic carbocycles. The number of nitrogen functional groups attached to an aromatic ring is 1. The predicted molar refractivity (Wildman–Crippen MR) is 79.3 cm³/mol. The van der Waals surface area contributed by atoms with E-state index in [-0.39, 0.29) is 0 Å². The monoisotopic (exact) mass is 265 g/mol. The average molecular weight is 265 g/mol. The molecule has 3 aromatic rings. The minimum absolute atomic E-state index is 0.509. The van der Waals surface area contributed by atoms with E-state index < -0.39 is 0 Å². The van der Waals surface area contributed by atoms with Gasteiger partial charge in [-0.1, -0.05) is 30.3 Å². The fraction of sp³-hybridized carbons (Fsp3) is 0.0588. The molecule has 0 aliphatic heterocycles. The second-order valence-corrected chi connectivity index (χ2v) is 4.54. The number of hydrogen-bond acceptors (Lipinski definition) is 3. The number of anilines is 1. The molecule has 3 rings (SSSR count). The minimum Gasteiger partial charge on any atom is -0.488 e. The molecule has 100 valence electrons. The molecule has 20 heavy (non-hydrogen) atoms. The molecule has 0 unspecified atom stereocenters. The lowest BCUT2D eigenvalue weighted by Gasteiger charge is -2.11. The van der Waals surface area contributed by atoms with E-state index in [2.05, 4.69) is 0 Å². The molecular weight excluding hydrogens is 250 g/mol. The Labute approximate surface area is 117 Å². The first-order valence-electron chi connectivity index (χ1n) is 6.42. The summed E-state index contributed by atoms with van der Waals surface area (Å²) in [6.45, 7) is 0.509. The van der Waals surface area contributed by atoms with Crippen molar-refractivity contribution in [2.24, 2.45) is 0 Å². The van der Waals surface area contributed by atoms with Crippen molar-refractivity contribution in [1.29, 1.82) is 0 Å². The first kappa shape index (κ1) is 12.4. The van der Waals surface area contributed by atoms with Gasteiger partial charge in [0, 0.05) is 22.9 Å². The summed E-state index contributed by atoms with van der Waals surface area (Å²) in [6, 6.07) is 17.6. The molecule has 0 saturated heterocycles. The Balaban J connectivity index is 1.87.